The number of aliphatic hydroxyl groups excluding tert-OH is 2. The zero-order valence-electron chi connectivity index (χ0n) is 35.2. The smallest absolute Gasteiger partial charge is 0.338 e. The van der Waals surface area contributed by atoms with E-state index in [1.54, 1.807) is 92.7 Å². The van der Waals surface area contributed by atoms with Gasteiger partial charge in [-0.25, -0.2) is 9.59 Å². The number of nitrogens with one attached hydrogen (secondary N) is 1. The van der Waals surface area contributed by atoms with Crippen LogP contribution in [-0.4, -0.2) is 105 Å². The van der Waals surface area contributed by atoms with Crippen LogP contribution in [-0.2, 0) is 42.9 Å². The molecular formula is C47H51NO14. The van der Waals surface area contributed by atoms with E-state index in [-0.39, 0.29) is 35.3 Å². The van der Waals surface area contributed by atoms with Gasteiger partial charge in [0.05, 0.1) is 35.6 Å². The van der Waals surface area contributed by atoms with Crippen LogP contribution in [0.2, 0.25) is 0 Å². The van der Waals surface area contributed by atoms with Gasteiger partial charge in [-0.2, -0.15) is 0 Å². The number of rotatable bonds is 10. The second-order valence-electron chi connectivity index (χ2n) is 17.4. The first-order valence-corrected chi connectivity index (χ1v) is 20.5. The van der Waals surface area contributed by atoms with Gasteiger partial charge in [-0.15, -0.1) is 0 Å². The monoisotopic (exact) mass is 853 g/mol. The molecule has 2 bridgehead atoms. The minimum Gasteiger partial charge on any atom is -0.456 e. The number of ether oxygens (including phenoxy) is 5. The van der Waals surface area contributed by atoms with E-state index in [0.717, 1.165) is 13.8 Å². The van der Waals surface area contributed by atoms with Crippen molar-refractivity contribution in [3.8, 4) is 0 Å². The number of fused-ring (bicyclic) bond motifs is 5. The van der Waals surface area contributed by atoms with Gasteiger partial charge in [0.15, 0.2) is 23.6 Å². The molecule has 1 aliphatic heterocycles. The Labute approximate surface area is 358 Å². The van der Waals surface area contributed by atoms with E-state index in [9.17, 15) is 39.3 Å². The van der Waals surface area contributed by atoms with Crippen molar-refractivity contribution in [3.05, 3.63) is 119 Å². The van der Waals surface area contributed by atoms with Gasteiger partial charge < -0.3 is 44.3 Å². The van der Waals surface area contributed by atoms with Gasteiger partial charge in [-0.3, -0.25) is 19.2 Å². The van der Waals surface area contributed by atoms with Crippen molar-refractivity contribution in [2.75, 3.05) is 6.61 Å². The Bertz CT molecular complexity index is 2280. The molecule has 328 valence electrons. The van der Waals surface area contributed by atoms with E-state index < -0.39 is 113 Å². The van der Waals surface area contributed by atoms with Crippen LogP contribution in [0.5, 0.6) is 0 Å². The average Bonchev–Trinajstić information content (AvgIpc) is 3.24. The number of carbonyl (C=O) groups is 6. The van der Waals surface area contributed by atoms with Crippen LogP contribution in [0, 0.1) is 16.7 Å². The van der Waals surface area contributed by atoms with Crippen LogP contribution in [0.3, 0.4) is 0 Å². The number of hydrogen-bond acceptors (Lipinski definition) is 14. The largest absolute Gasteiger partial charge is 0.456 e. The van der Waals surface area contributed by atoms with Crippen molar-refractivity contribution in [3.63, 3.8) is 0 Å². The van der Waals surface area contributed by atoms with Gasteiger partial charge in [0.1, 0.15) is 23.9 Å². The Morgan fingerprint density at radius 2 is 1.40 bits per heavy atom. The fraction of sp³-hybridized carbons (Fsp3) is 0.447. The summed E-state index contributed by atoms with van der Waals surface area (Å²) in [7, 11) is 0. The molecule has 2 saturated carbocycles. The topological polar surface area (TPSA) is 221 Å². The highest BCUT2D eigenvalue weighted by Gasteiger charge is 2.78. The van der Waals surface area contributed by atoms with Crippen molar-refractivity contribution >= 4 is 35.6 Å². The molecular weight excluding hydrogens is 803 g/mol. The standard InChI is InChI=1S/C47H51NO14/c1-25-31(60-43(56)36(52)35(28-16-10-7-11-17-28)48-41(54)29-18-12-8-13-19-29)23-47(57)40(61-42(55)30-20-14-9-15-21-30)38-45(6,32(51)22-33-46(38,24-58-33)62-27(3)50)39(53)37(59-26(2)49)34(25)44(47,4)5/h7-21,31-33,35-38,40,51-52,57H,22-24H2,1-6H3,(H,48,54)/t31-,32-,33+,35-,36+,37+,38-,40-,45+,46-,47?/m1/s1. The Hall–Kier alpha value is -5.74. The summed E-state index contributed by atoms with van der Waals surface area (Å²) in [5.74, 6) is -6.84. The fourth-order valence-electron chi connectivity index (χ4n) is 10.2. The van der Waals surface area contributed by atoms with E-state index >= 15 is 4.79 Å². The summed E-state index contributed by atoms with van der Waals surface area (Å²) in [6, 6.07) is 22.9. The van der Waals surface area contributed by atoms with Crippen LogP contribution >= 0.6 is 0 Å². The number of Topliss-reactive ketones (excluding diaryl/α,β-unsaturated/α-hetero) is 1. The molecule has 11 atom stereocenters. The van der Waals surface area contributed by atoms with Gasteiger partial charge in [-0.05, 0) is 54.8 Å². The van der Waals surface area contributed by atoms with E-state index in [1.165, 1.54) is 26.0 Å². The van der Waals surface area contributed by atoms with Crippen molar-refractivity contribution in [1.82, 2.24) is 5.32 Å². The summed E-state index contributed by atoms with van der Waals surface area (Å²) in [5, 5.41) is 40.2. The molecule has 1 saturated heterocycles. The number of benzene rings is 3. The van der Waals surface area contributed by atoms with Crippen LogP contribution in [0.15, 0.2) is 102 Å². The molecule has 1 amide bonds. The van der Waals surface area contributed by atoms with Crippen LogP contribution in [0.25, 0.3) is 0 Å². The second kappa shape index (κ2) is 16.5. The van der Waals surface area contributed by atoms with Gasteiger partial charge in [0, 0.05) is 37.7 Å². The van der Waals surface area contributed by atoms with Crippen molar-refractivity contribution < 1.29 is 67.8 Å². The SMILES string of the molecule is CC(=O)O[C@@H]1C(=O)[C@@]2(C)[C@H](O)C[C@@H]3OC[C@]3(OC(C)=O)[C@@H]2[C@@H](OC(=O)c2ccccc2)C2(O)C[C@@H](OC(=O)[C@@H](O)[C@H](NC(=O)c3ccccc3)c3ccccc3)C(C)=C1C2(C)C. The third-order valence-electron chi connectivity index (χ3n) is 13.5. The first-order valence-electron chi connectivity index (χ1n) is 20.5. The summed E-state index contributed by atoms with van der Waals surface area (Å²) in [6.45, 7) is 7.97. The molecule has 0 aromatic heterocycles. The molecule has 62 heavy (non-hydrogen) atoms. The van der Waals surface area contributed by atoms with E-state index in [1.807, 2.05) is 0 Å². The van der Waals surface area contributed by atoms with Crippen molar-refractivity contribution in [2.45, 2.75) is 108 Å². The average molecular weight is 854 g/mol. The summed E-state index contributed by atoms with van der Waals surface area (Å²) < 4.78 is 30.3. The van der Waals surface area contributed by atoms with E-state index in [4.69, 9.17) is 23.7 Å². The molecule has 3 fully saturated rings. The van der Waals surface area contributed by atoms with Gasteiger partial charge in [0.25, 0.3) is 5.91 Å². The van der Waals surface area contributed by atoms with Gasteiger partial charge >= 0.3 is 23.9 Å². The minimum atomic E-state index is -2.39. The van der Waals surface area contributed by atoms with Crippen molar-refractivity contribution in [1.29, 1.82) is 0 Å². The maximum absolute atomic E-state index is 15.5. The lowest BCUT2D eigenvalue weighted by Crippen LogP contribution is -2.82. The molecule has 15 nitrogen and oxygen atoms in total. The highest BCUT2D eigenvalue weighted by Crippen LogP contribution is 2.64. The molecule has 3 aromatic carbocycles. The minimum absolute atomic E-state index is 0.00289. The highest BCUT2D eigenvalue weighted by atomic mass is 16.6. The summed E-state index contributed by atoms with van der Waals surface area (Å²) in [6.07, 6.45) is -10.5. The predicted molar refractivity (Wildman–Crippen MR) is 218 cm³/mol. The number of aliphatic hydroxyl groups is 3. The van der Waals surface area contributed by atoms with Crippen LogP contribution < -0.4 is 5.32 Å². The molecule has 4 N–H and O–H groups in total. The lowest BCUT2D eigenvalue weighted by atomic mass is 9.44. The summed E-state index contributed by atoms with van der Waals surface area (Å²) in [4.78, 5) is 83.5. The Morgan fingerprint density at radius 1 is 0.823 bits per heavy atom. The quantitative estimate of drug-likeness (QED) is 0.130. The van der Waals surface area contributed by atoms with E-state index in [2.05, 4.69) is 5.32 Å². The molecule has 4 aliphatic rings. The Morgan fingerprint density at radius 3 is 1.95 bits per heavy atom. The number of carbonyl (C=O) groups excluding carboxylic acids is 6. The maximum atomic E-state index is 15.5. The third-order valence-corrected chi connectivity index (χ3v) is 13.5. The molecule has 3 aliphatic carbocycles. The number of amides is 1. The van der Waals surface area contributed by atoms with Gasteiger partial charge in [-0.1, -0.05) is 80.6 Å². The number of hydrogen-bond donors (Lipinski definition) is 4. The summed E-state index contributed by atoms with van der Waals surface area (Å²) >= 11 is 0. The molecule has 3 aromatic rings. The Kier molecular flexibility index (Phi) is 11.8. The molecule has 0 radical (unpaired) electrons. The number of esters is 4. The molecule has 1 unspecified atom stereocenters. The van der Waals surface area contributed by atoms with Crippen LogP contribution in [0.1, 0.15) is 86.7 Å². The molecule has 0 spiro atoms. The summed E-state index contributed by atoms with van der Waals surface area (Å²) in [5.41, 5.74) is -7.02. The molecule has 15 heteroatoms. The molecule has 1 heterocycles. The van der Waals surface area contributed by atoms with Crippen molar-refractivity contribution in [2.24, 2.45) is 16.7 Å². The predicted octanol–water partition coefficient (Wildman–Crippen LogP) is 3.74. The fourth-order valence-corrected chi connectivity index (χ4v) is 10.2. The first kappa shape index (κ1) is 44.3. The van der Waals surface area contributed by atoms with Gasteiger partial charge in [0.2, 0.25) is 0 Å². The normalized spacial score (nSPS) is 31.9. The van der Waals surface area contributed by atoms with Crippen LogP contribution in [0.4, 0.5) is 0 Å². The molecule has 7 rings (SSSR count). The third kappa shape index (κ3) is 7.29. The lowest BCUT2D eigenvalue weighted by molar-refractivity contribution is -0.346. The maximum Gasteiger partial charge on any atom is 0.338 e. The number of ketones is 1. The zero-order chi connectivity index (χ0) is 44.9. The van der Waals surface area contributed by atoms with E-state index in [0.29, 0.717) is 5.56 Å². The first-order chi connectivity index (χ1) is 29.3. The Balaban J connectivity index is 1.39. The zero-order valence-corrected chi connectivity index (χ0v) is 35.2. The lowest BCUT2D eigenvalue weighted by Gasteiger charge is -2.67. The highest BCUT2D eigenvalue weighted by molar-refractivity contribution is 5.96. The second-order valence-corrected chi connectivity index (χ2v) is 17.4.